The summed E-state index contributed by atoms with van der Waals surface area (Å²) in [7, 11) is 0. The molecule has 26 rings (SSSR count). The molecule has 26 aliphatic rings. The van der Waals surface area contributed by atoms with Crippen LogP contribution in [-0.2, 0) is 0 Å². The van der Waals surface area contributed by atoms with Crippen LogP contribution in [0.3, 0.4) is 0 Å². The minimum atomic E-state index is 0. The van der Waals surface area contributed by atoms with Crippen LogP contribution in [0.25, 0.3) is 0 Å². The van der Waals surface area contributed by atoms with Crippen LogP contribution in [0.5, 0.6) is 0 Å². The van der Waals surface area contributed by atoms with Gasteiger partial charge in [0.15, 0.2) is 0 Å². The highest BCUT2D eigenvalue weighted by Gasteiger charge is 2.43. The predicted octanol–water partition coefficient (Wildman–Crippen LogP) is 38.5. The van der Waals surface area contributed by atoms with Gasteiger partial charge in [0.25, 0.3) is 0 Å². The first kappa shape index (κ1) is 103. The van der Waals surface area contributed by atoms with Crippen LogP contribution in [0.2, 0.25) is 0 Å². The van der Waals surface area contributed by atoms with E-state index in [0.29, 0.717) is 0 Å². The molecule has 26 fully saturated rings. The molecule has 4 unspecified atom stereocenters. The summed E-state index contributed by atoms with van der Waals surface area (Å²) in [6.07, 6.45) is 117. The molecule has 4 atom stereocenters. The van der Waals surface area contributed by atoms with Crippen LogP contribution in [0, 0.1) is 123 Å². The van der Waals surface area contributed by atoms with E-state index in [1.54, 1.807) is 347 Å². The molecule has 0 amide bonds. The van der Waals surface area contributed by atoms with Gasteiger partial charge in [-0.15, -0.1) is 0 Å². The standard InChI is InChI=1S/C11H20.C10H16.2C10H18.2C9H16.3C8H14.C7H12.C6H10.11CH4/c1-3-7-11(8-4-1)9-5-2-6-10-11;1-7-2-9-4-8(1)5-10(3-7)6-9;1-3-9-5-2-6-10(4-1)8-7-9;1-2-6-10(7-3-1)8-4-5-9-10;1-3-8-5-2-6-9(4-1)7-8;1-2-6-9(5-1)7-3-4-8-9;1-2-8-5-3-7(1)4-6-8;2*1-2-7-4-5-8(3-1)6-7;1-2-7-4-3-6(1)5-7;1-2-6-3-5(1)4-6;;;;;;;;;;;/h1-10H2;7-10H,1-6H2;9-10H,1-8H2;1-9H2;8-9H,1-7H2;1-8H2;3*7-8H,1-6H2;6-7H,1-5H2;5-6H,1-4H2;11*1H4. The summed E-state index contributed by atoms with van der Waals surface area (Å²) in [5.74, 6) is 20.9. The largest absolute Gasteiger partial charge is 0.0776 e. The van der Waals surface area contributed by atoms with Gasteiger partial charge in [-0.25, -0.2) is 0 Å². The van der Waals surface area contributed by atoms with Gasteiger partial charge >= 0.3 is 0 Å². The maximum Gasteiger partial charge on any atom is -0.0297 e. The molecular formula is C107H212. The Hall–Kier alpha value is 0. The van der Waals surface area contributed by atoms with Crippen molar-refractivity contribution in [1.29, 1.82) is 0 Å². The van der Waals surface area contributed by atoms with E-state index < -0.39 is 0 Å². The van der Waals surface area contributed by atoms with Crippen LogP contribution in [-0.4, -0.2) is 0 Å². The predicted molar refractivity (Wildman–Crippen MR) is 490 cm³/mol. The second kappa shape index (κ2) is 54.1. The lowest BCUT2D eigenvalue weighted by Gasteiger charge is -2.49. The van der Waals surface area contributed by atoms with Crippen molar-refractivity contribution in [1.82, 2.24) is 0 Å². The zero-order valence-electron chi connectivity index (χ0n) is 64.9. The Kier molecular flexibility index (Phi) is 52.1. The minimum Gasteiger partial charge on any atom is -0.0776 e. The molecular weight excluding hydrogens is 1290 g/mol. The summed E-state index contributed by atoms with van der Waals surface area (Å²) >= 11 is 0. The highest BCUT2D eigenvalue weighted by atomic mass is 14.5. The Bertz CT molecular complexity index is 1800. The molecule has 0 aromatic heterocycles. The van der Waals surface area contributed by atoms with Gasteiger partial charge in [0, 0.05) is 0 Å². The molecule has 0 aromatic carbocycles. The monoisotopic (exact) mass is 1500 g/mol. The summed E-state index contributed by atoms with van der Waals surface area (Å²) in [4.78, 5) is 0. The summed E-state index contributed by atoms with van der Waals surface area (Å²) in [6, 6.07) is 0. The lowest BCUT2D eigenvalue weighted by atomic mass is 9.56. The lowest BCUT2D eigenvalue weighted by molar-refractivity contribution is 0.0198. The molecule has 107 heavy (non-hydrogen) atoms. The second-order valence-electron chi connectivity index (χ2n) is 42.0. The summed E-state index contributed by atoms with van der Waals surface area (Å²) in [6.45, 7) is 0. The molecule has 0 radical (unpaired) electrons. The second-order valence-corrected chi connectivity index (χ2v) is 42.0. The highest BCUT2D eigenvalue weighted by molar-refractivity contribution is 4.94. The van der Waals surface area contributed by atoms with Crippen molar-refractivity contribution in [2.45, 2.75) is 563 Å². The van der Waals surface area contributed by atoms with Gasteiger partial charge < -0.3 is 0 Å². The molecule has 0 N–H and O–H groups in total. The molecule has 26 aliphatic carbocycles. The zero-order valence-corrected chi connectivity index (χ0v) is 64.9. The Morgan fingerprint density at radius 1 is 0.0935 bits per heavy atom. The fraction of sp³-hybridized carbons (Fsp3) is 1.00. The van der Waals surface area contributed by atoms with Gasteiger partial charge in [-0.2, -0.15) is 0 Å². The van der Waals surface area contributed by atoms with Gasteiger partial charge in [0.05, 0.1) is 0 Å². The van der Waals surface area contributed by atoms with Crippen molar-refractivity contribution in [3.05, 3.63) is 0 Å². The van der Waals surface area contributed by atoms with Gasteiger partial charge in [-0.3, -0.25) is 0 Å². The lowest BCUT2D eigenvalue weighted by Crippen LogP contribution is -2.38. The molecule has 0 aromatic rings. The van der Waals surface area contributed by atoms with Crippen molar-refractivity contribution < 1.29 is 0 Å². The van der Waals surface area contributed by atoms with Crippen LogP contribution in [0.15, 0.2) is 0 Å². The topological polar surface area (TPSA) is 0 Å². The fourth-order valence-corrected chi connectivity index (χ4v) is 29.2. The Morgan fingerprint density at radius 3 is 0.364 bits per heavy atom. The molecule has 3 spiro atoms. The van der Waals surface area contributed by atoms with Crippen molar-refractivity contribution in [2.24, 2.45) is 123 Å². The number of rotatable bonds is 0. The first-order chi connectivity index (χ1) is 47.3. The van der Waals surface area contributed by atoms with E-state index in [4.69, 9.17) is 0 Å². The maximum absolute atomic E-state index is 1.60. The first-order valence-corrected chi connectivity index (χ1v) is 47.3. The van der Waals surface area contributed by atoms with E-state index in [1.165, 1.54) is 182 Å². The van der Waals surface area contributed by atoms with E-state index in [-0.39, 0.29) is 81.7 Å². The Balaban J connectivity index is 0.000000397. The summed E-state index contributed by atoms with van der Waals surface area (Å²) in [5, 5.41) is 0. The third-order valence-electron chi connectivity index (χ3n) is 34.9. The Labute approximate surface area is 681 Å². The van der Waals surface area contributed by atoms with Crippen molar-refractivity contribution in [3.8, 4) is 0 Å². The third-order valence-corrected chi connectivity index (χ3v) is 34.9. The third kappa shape index (κ3) is 33.1. The number of hydrogen-bond donors (Lipinski definition) is 0. The molecule has 0 aliphatic heterocycles. The van der Waals surface area contributed by atoms with Gasteiger partial charge in [0.2, 0.25) is 0 Å². The molecule has 26 saturated carbocycles. The van der Waals surface area contributed by atoms with Crippen LogP contribution >= 0.6 is 0 Å². The van der Waals surface area contributed by atoms with E-state index in [9.17, 15) is 0 Å². The van der Waals surface area contributed by atoms with Crippen molar-refractivity contribution >= 4 is 0 Å². The van der Waals surface area contributed by atoms with E-state index >= 15 is 0 Å². The highest BCUT2D eigenvalue weighted by Crippen LogP contribution is 2.55. The van der Waals surface area contributed by atoms with Crippen LogP contribution < -0.4 is 0 Å². The van der Waals surface area contributed by atoms with Gasteiger partial charge in [-0.05, 0) is 277 Å². The molecule has 640 valence electrons. The van der Waals surface area contributed by atoms with E-state index in [2.05, 4.69) is 0 Å². The molecule has 0 saturated heterocycles. The number of hydrogen-bond acceptors (Lipinski definition) is 0. The number of fused-ring (bicyclic) bond motifs is 15. The van der Waals surface area contributed by atoms with Gasteiger partial charge in [0.1, 0.15) is 0 Å². The van der Waals surface area contributed by atoms with Crippen LogP contribution in [0.4, 0.5) is 0 Å². The summed E-state index contributed by atoms with van der Waals surface area (Å²) < 4.78 is 0. The van der Waals surface area contributed by atoms with Crippen LogP contribution in [0.1, 0.15) is 563 Å². The average Bonchev–Trinajstić information content (AvgIpc) is 1.48. The normalized spacial score (nSPS) is 37.7. The zero-order chi connectivity index (χ0) is 64.9. The fourth-order valence-electron chi connectivity index (χ4n) is 29.2. The molecule has 0 heteroatoms. The minimum absolute atomic E-state index is 0. The van der Waals surface area contributed by atoms with E-state index in [1.807, 2.05) is 0 Å². The maximum atomic E-state index is 1.60. The molecule has 18 bridgehead atoms. The van der Waals surface area contributed by atoms with E-state index in [0.717, 1.165) is 75.4 Å². The summed E-state index contributed by atoms with van der Waals surface area (Å²) in [5.41, 5.74) is 2.62. The Morgan fingerprint density at radius 2 is 0.206 bits per heavy atom. The quantitative estimate of drug-likeness (QED) is 0.227. The SMILES string of the molecule is C.C.C.C.C.C.C.C.C.C.C.C1C2CC3CC1CC(C2)C3.C1CC2CC1C2.C1CC2CCC(C1)C2.C1CC2CCC(C1)C2.C1CC2CCC1C2.C1CC2CCC1CC2.C1CC2CCCC(C1)C2.C1CC2CCCC(C1)CC2.C1CCC2(C1)CCCC2.C1CCC2(CC1)CCCC2.C1CCC2(CC1)CCCCC2. The van der Waals surface area contributed by atoms with Crippen molar-refractivity contribution in [2.75, 3.05) is 0 Å². The first-order valence-electron chi connectivity index (χ1n) is 47.3. The molecule has 0 heterocycles. The van der Waals surface area contributed by atoms with Gasteiger partial charge in [-0.1, -0.05) is 409 Å². The van der Waals surface area contributed by atoms with Crippen molar-refractivity contribution in [3.63, 3.8) is 0 Å². The molecule has 0 nitrogen and oxygen atoms in total. The smallest absolute Gasteiger partial charge is 0.0297 e. The average molecular weight is 1500 g/mol.